The Hall–Kier alpha value is -3.29. The van der Waals surface area contributed by atoms with E-state index in [1.54, 1.807) is 4.90 Å². The number of likely N-dealkylation sites (tertiary alicyclic amines) is 1. The maximum atomic E-state index is 13.3. The van der Waals surface area contributed by atoms with Crippen LogP contribution in [0.5, 0.6) is 0 Å². The molecular formula is C22H22F2N2O4. The molecule has 1 aliphatic heterocycles. The molecule has 2 aromatic rings. The Morgan fingerprint density at radius 1 is 1.10 bits per heavy atom. The standard InChI is InChI=1S/C22H22F2N2O4/c1-13(15-6-4-3-5-7-15)26-12-16(10-20(26)27)22(29)30-14(2)21(28)25-17-8-9-18(23)19(24)11-17/h3-9,11,13-14,16H,10,12H2,1-2H3,(H,25,28)/t13-,14-,16-/m0/s1. The predicted molar refractivity (Wildman–Crippen MR) is 105 cm³/mol. The highest BCUT2D eigenvalue weighted by Gasteiger charge is 2.38. The van der Waals surface area contributed by atoms with Gasteiger partial charge >= 0.3 is 5.97 Å². The molecule has 158 valence electrons. The zero-order chi connectivity index (χ0) is 21.8. The van der Waals surface area contributed by atoms with Gasteiger partial charge in [-0.15, -0.1) is 0 Å². The van der Waals surface area contributed by atoms with Crippen LogP contribution in [0, 0.1) is 17.6 Å². The summed E-state index contributed by atoms with van der Waals surface area (Å²) in [6.45, 7) is 3.46. The maximum Gasteiger partial charge on any atom is 0.312 e. The molecule has 0 aromatic heterocycles. The molecule has 3 rings (SSSR count). The molecule has 3 atom stereocenters. The molecule has 0 aliphatic carbocycles. The number of esters is 1. The summed E-state index contributed by atoms with van der Waals surface area (Å²) in [6.07, 6.45) is -1.16. The van der Waals surface area contributed by atoms with E-state index in [0.717, 1.165) is 17.7 Å². The fraction of sp³-hybridized carbons (Fsp3) is 0.318. The highest BCUT2D eigenvalue weighted by molar-refractivity contribution is 5.95. The first kappa shape index (κ1) is 21.4. The van der Waals surface area contributed by atoms with Gasteiger partial charge < -0.3 is 15.0 Å². The van der Waals surface area contributed by atoms with Gasteiger partial charge in [-0.1, -0.05) is 30.3 Å². The van der Waals surface area contributed by atoms with Crippen LogP contribution in [-0.4, -0.2) is 35.3 Å². The molecule has 1 N–H and O–H groups in total. The lowest BCUT2D eigenvalue weighted by molar-refractivity contribution is -0.157. The van der Waals surface area contributed by atoms with Gasteiger partial charge in [0.05, 0.1) is 12.0 Å². The number of hydrogen-bond donors (Lipinski definition) is 1. The van der Waals surface area contributed by atoms with Crippen LogP contribution < -0.4 is 5.32 Å². The molecule has 1 saturated heterocycles. The second-order valence-corrected chi connectivity index (χ2v) is 7.23. The Kier molecular flexibility index (Phi) is 6.44. The summed E-state index contributed by atoms with van der Waals surface area (Å²) in [4.78, 5) is 38.7. The highest BCUT2D eigenvalue weighted by atomic mass is 19.2. The molecule has 6 nitrogen and oxygen atoms in total. The van der Waals surface area contributed by atoms with E-state index in [9.17, 15) is 23.2 Å². The molecule has 0 saturated carbocycles. The third kappa shape index (κ3) is 4.82. The van der Waals surface area contributed by atoms with Gasteiger partial charge in [0, 0.05) is 24.7 Å². The van der Waals surface area contributed by atoms with Crippen LogP contribution in [-0.2, 0) is 19.1 Å². The largest absolute Gasteiger partial charge is 0.452 e. The van der Waals surface area contributed by atoms with Gasteiger partial charge in [0.15, 0.2) is 17.7 Å². The fourth-order valence-corrected chi connectivity index (χ4v) is 3.32. The monoisotopic (exact) mass is 416 g/mol. The summed E-state index contributed by atoms with van der Waals surface area (Å²) in [5.74, 6) is -4.32. The Labute approximate surface area is 172 Å². The minimum atomic E-state index is -1.17. The zero-order valence-corrected chi connectivity index (χ0v) is 16.6. The molecule has 30 heavy (non-hydrogen) atoms. The average Bonchev–Trinajstić information content (AvgIpc) is 3.12. The van der Waals surface area contributed by atoms with Crippen LogP contribution >= 0.6 is 0 Å². The number of halogens is 2. The summed E-state index contributed by atoms with van der Waals surface area (Å²) in [7, 11) is 0. The number of nitrogens with zero attached hydrogens (tertiary/aromatic N) is 1. The SMILES string of the molecule is C[C@H](OC(=O)[C@H]1CC(=O)N([C@@H](C)c2ccccc2)C1)C(=O)Nc1ccc(F)c(F)c1. The second-order valence-electron chi connectivity index (χ2n) is 7.23. The number of hydrogen-bond acceptors (Lipinski definition) is 4. The quantitative estimate of drug-likeness (QED) is 0.732. The van der Waals surface area contributed by atoms with Crippen molar-refractivity contribution in [2.45, 2.75) is 32.4 Å². The van der Waals surface area contributed by atoms with Crippen LogP contribution in [0.3, 0.4) is 0 Å². The van der Waals surface area contributed by atoms with E-state index in [1.807, 2.05) is 37.3 Å². The van der Waals surface area contributed by atoms with Gasteiger partial charge in [-0.3, -0.25) is 14.4 Å². The summed E-state index contributed by atoms with van der Waals surface area (Å²) in [5, 5.41) is 2.36. The van der Waals surface area contributed by atoms with Crippen molar-refractivity contribution in [2.24, 2.45) is 5.92 Å². The summed E-state index contributed by atoms with van der Waals surface area (Å²) < 4.78 is 31.4. The molecular weight excluding hydrogens is 394 g/mol. The van der Waals surface area contributed by atoms with Gasteiger partial charge in [-0.05, 0) is 31.5 Å². The van der Waals surface area contributed by atoms with Gasteiger partial charge in [-0.25, -0.2) is 8.78 Å². The molecule has 0 radical (unpaired) electrons. The van der Waals surface area contributed by atoms with E-state index >= 15 is 0 Å². The number of amides is 2. The van der Waals surface area contributed by atoms with E-state index in [1.165, 1.54) is 13.0 Å². The lowest BCUT2D eigenvalue weighted by Crippen LogP contribution is -2.33. The third-order valence-electron chi connectivity index (χ3n) is 5.09. The lowest BCUT2D eigenvalue weighted by atomic mass is 10.1. The number of benzene rings is 2. The first-order valence-electron chi connectivity index (χ1n) is 9.57. The summed E-state index contributed by atoms with van der Waals surface area (Å²) >= 11 is 0. The molecule has 1 heterocycles. The van der Waals surface area contributed by atoms with Crippen molar-refractivity contribution in [1.82, 2.24) is 4.90 Å². The molecule has 8 heteroatoms. The first-order valence-corrected chi connectivity index (χ1v) is 9.57. The molecule has 0 bridgehead atoms. The van der Waals surface area contributed by atoms with Crippen LogP contribution in [0.25, 0.3) is 0 Å². The normalized spacial score (nSPS) is 18.1. The Morgan fingerprint density at radius 2 is 1.80 bits per heavy atom. The van der Waals surface area contributed by atoms with E-state index in [0.29, 0.717) is 0 Å². The zero-order valence-electron chi connectivity index (χ0n) is 16.6. The van der Waals surface area contributed by atoms with Gasteiger partial charge in [0.25, 0.3) is 5.91 Å². The molecule has 0 unspecified atom stereocenters. The van der Waals surface area contributed by atoms with E-state index in [4.69, 9.17) is 4.74 Å². The number of rotatable bonds is 6. The van der Waals surface area contributed by atoms with Crippen molar-refractivity contribution in [1.29, 1.82) is 0 Å². The van der Waals surface area contributed by atoms with Crippen molar-refractivity contribution in [3.8, 4) is 0 Å². The maximum absolute atomic E-state index is 13.3. The minimum Gasteiger partial charge on any atom is -0.452 e. The van der Waals surface area contributed by atoms with Crippen molar-refractivity contribution in [2.75, 3.05) is 11.9 Å². The minimum absolute atomic E-state index is 0.00746. The van der Waals surface area contributed by atoms with Crippen LogP contribution in [0.1, 0.15) is 31.9 Å². The number of ether oxygens (including phenoxy) is 1. The number of nitrogens with one attached hydrogen (secondary N) is 1. The Balaban J connectivity index is 1.56. The second kappa shape index (κ2) is 9.02. The van der Waals surface area contributed by atoms with Gasteiger partial charge in [0.1, 0.15) is 0 Å². The first-order chi connectivity index (χ1) is 14.3. The Morgan fingerprint density at radius 3 is 2.47 bits per heavy atom. The van der Waals surface area contributed by atoms with Crippen LogP contribution in [0.15, 0.2) is 48.5 Å². The number of carbonyl (C=O) groups excluding carboxylic acids is 3. The molecule has 2 aromatic carbocycles. The van der Waals surface area contributed by atoms with Gasteiger partial charge in [-0.2, -0.15) is 0 Å². The lowest BCUT2D eigenvalue weighted by Gasteiger charge is -2.25. The number of anilines is 1. The summed E-state index contributed by atoms with van der Waals surface area (Å²) in [6, 6.07) is 12.2. The van der Waals surface area contributed by atoms with Crippen molar-refractivity contribution in [3.05, 3.63) is 65.7 Å². The molecule has 0 spiro atoms. The van der Waals surface area contributed by atoms with E-state index in [2.05, 4.69) is 5.32 Å². The van der Waals surface area contributed by atoms with Crippen molar-refractivity contribution >= 4 is 23.5 Å². The molecule has 2 amide bonds. The molecule has 1 aliphatic rings. The number of carbonyl (C=O) groups is 3. The predicted octanol–water partition coefficient (Wildman–Crippen LogP) is 3.44. The van der Waals surface area contributed by atoms with Crippen molar-refractivity contribution in [3.63, 3.8) is 0 Å². The van der Waals surface area contributed by atoms with Gasteiger partial charge in [0.2, 0.25) is 5.91 Å². The fourth-order valence-electron chi connectivity index (χ4n) is 3.32. The topological polar surface area (TPSA) is 75.7 Å². The third-order valence-corrected chi connectivity index (χ3v) is 5.09. The highest BCUT2D eigenvalue weighted by Crippen LogP contribution is 2.29. The van der Waals surface area contributed by atoms with E-state index < -0.39 is 35.5 Å². The Bertz CT molecular complexity index is 951. The van der Waals surface area contributed by atoms with Crippen LogP contribution in [0.2, 0.25) is 0 Å². The summed E-state index contributed by atoms with van der Waals surface area (Å²) in [5.41, 5.74) is 1.000. The average molecular weight is 416 g/mol. The van der Waals surface area contributed by atoms with E-state index in [-0.39, 0.29) is 30.6 Å². The van der Waals surface area contributed by atoms with Crippen LogP contribution in [0.4, 0.5) is 14.5 Å². The molecule has 1 fully saturated rings. The smallest absolute Gasteiger partial charge is 0.312 e. The van der Waals surface area contributed by atoms with Crippen molar-refractivity contribution < 1.29 is 27.9 Å².